The van der Waals surface area contributed by atoms with E-state index in [1.165, 1.54) is 12.1 Å². The van der Waals surface area contributed by atoms with Crippen molar-refractivity contribution >= 4 is 11.8 Å². The Kier molecular flexibility index (Phi) is 4.45. The average Bonchev–Trinajstić information content (AvgIpc) is 3.31. The zero-order valence-electron chi connectivity index (χ0n) is 14.5. The zero-order valence-corrected chi connectivity index (χ0v) is 14.5. The summed E-state index contributed by atoms with van der Waals surface area (Å²) >= 11 is 0. The lowest BCUT2D eigenvalue weighted by Crippen LogP contribution is -2.30. The SMILES string of the molecule is O=C(N[C@H]1CCCc2c1cnn2Cc1ccccc1)c1ccc([N+](=O)[O-])o1. The number of hydrogen-bond donors (Lipinski definition) is 1. The number of furan rings is 1. The van der Waals surface area contributed by atoms with Crippen molar-refractivity contribution in [1.29, 1.82) is 0 Å². The quantitative estimate of drug-likeness (QED) is 0.551. The minimum absolute atomic E-state index is 0.0644. The fourth-order valence-corrected chi connectivity index (χ4v) is 3.44. The monoisotopic (exact) mass is 366 g/mol. The van der Waals surface area contributed by atoms with Gasteiger partial charge in [-0.05, 0) is 30.9 Å². The molecule has 27 heavy (non-hydrogen) atoms. The van der Waals surface area contributed by atoms with Gasteiger partial charge in [0.15, 0.2) is 5.76 Å². The number of aromatic nitrogens is 2. The Balaban J connectivity index is 1.51. The second-order valence-corrected chi connectivity index (χ2v) is 6.50. The Morgan fingerprint density at radius 2 is 2.11 bits per heavy atom. The van der Waals surface area contributed by atoms with Gasteiger partial charge >= 0.3 is 5.88 Å². The Morgan fingerprint density at radius 3 is 2.85 bits per heavy atom. The topological polar surface area (TPSA) is 103 Å². The molecule has 0 bridgehead atoms. The molecule has 1 atom stereocenters. The minimum Gasteiger partial charge on any atom is -0.395 e. The van der Waals surface area contributed by atoms with Gasteiger partial charge in [0.2, 0.25) is 0 Å². The van der Waals surface area contributed by atoms with Crippen molar-refractivity contribution in [2.75, 3.05) is 0 Å². The lowest BCUT2D eigenvalue weighted by atomic mass is 9.93. The van der Waals surface area contributed by atoms with Gasteiger partial charge in [0, 0.05) is 11.3 Å². The Labute approximate surface area is 154 Å². The molecule has 3 aromatic rings. The van der Waals surface area contributed by atoms with Gasteiger partial charge in [0.25, 0.3) is 5.91 Å². The first-order valence-corrected chi connectivity index (χ1v) is 8.75. The maximum Gasteiger partial charge on any atom is 0.433 e. The van der Waals surface area contributed by atoms with E-state index in [2.05, 4.69) is 22.5 Å². The van der Waals surface area contributed by atoms with E-state index in [1.54, 1.807) is 6.20 Å². The highest BCUT2D eigenvalue weighted by Crippen LogP contribution is 2.30. The standard InChI is InChI=1S/C19H18N4O4/c24-19(17-9-10-18(27-17)23(25)26)21-15-7-4-8-16-14(15)11-20-22(16)12-13-5-2-1-3-6-13/h1-3,5-6,9-11,15H,4,7-8,12H2,(H,21,24)/t15-/m0/s1. The molecule has 1 aliphatic rings. The molecule has 8 nitrogen and oxygen atoms in total. The summed E-state index contributed by atoms with van der Waals surface area (Å²) in [6.45, 7) is 0.682. The summed E-state index contributed by atoms with van der Waals surface area (Å²) in [5.41, 5.74) is 3.27. The van der Waals surface area contributed by atoms with Crippen molar-refractivity contribution < 1.29 is 14.1 Å². The first-order chi connectivity index (χ1) is 13.1. The number of hydrogen-bond acceptors (Lipinski definition) is 5. The third-order valence-corrected chi connectivity index (χ3v) is 4.74. The molecular formula is C19H18N4O4. The van der Waals surface area contributed by atoms with Crippen LogP contribution in [0.3, 0.4) is 0 Å². The fourth-order valence-electron chi connectivity index (χ4n) is 3.44. The zero-order chi connectivity index (χ0) is 18.8. The number of benzene rings is 1. The normalized spacial score (nSPS) is 15.9. The van der Waals surface area contributed by atoms with Gasteiger partial charge in [0.1, 0.15) is 4.92 Å². The molecule has 2 heterocycles. The van der Waals surface area contributed by atoms with Crippen LogP contribution >= 0.6 is 0 Å². The summed E-state index contributed by atoms with van der Waals surface area (Å²) in [6.07, 6.45) is 4.42. The van der Waals surface area contributed by atoms with Crippen LogP contribution in [0, 0.1) is 10.1 Å². The highest BCUT2D eigenvalue weighted by molar-refractivity contribution is 5.92. The molecule has 2 aromatic heterocycles. The van der Waals surface area contributed by atoms with Crippen LogP contribution in [0.2, 0.25) is 0 Å². The Hall–Kier alpha value is -3.42. The number of nitrogens with one attached hydrogen (secondary N) is 1. The lowest BCUT2D eigenvalue weighted by molar-refractivity contribution is -0.402. The van der Waals surface area contributed by atoms with Gasteiger partial charge in [0.05, 0.1) is 24.8 Å². The average molecular weight is 366 g/mol. The maximum atomic E-state index is 12.4. The van der Waals surface area contributed by atoms with Crippen LogP contribution in [0.25, 0.3) is 0 Å². The molecule has 0 saturated heterocycles. The van der Waals surface area contributed by atoms with Gasteiger partial charge in [-0.25, -0.2) is 0 Å². The van der Waals surface area contributed by atoms with E-state index in [9.17, 15) is 14.9 Å². The second-order valence-electron chi connectivity index (χ2n) is 6.50. The van der Waals surface area contributed by atoms with Crippen LogP contribution in [-0.4, -0.2) is 20.6 Å². The van der Waals surface area contributed by atoms with E-state index in [-0.39, 0.29) is 11.8 Å². The molecule has 8 heteroatoms. The van der Waals surface area contributed by atoms with Crippen LogP contribution in [0.1, 0.15) is 46.3 Å². The third-order valence-electron chi connectivity index (χ3n) is 4.74. The largest absolute Gasteiger partial charge is 0.433 e. The summed E-state index contributed by atoms with van der Waals surface area (Å²) in [7, 11) is 0. The molecule has 0 fully saturated rings. The second kappa shape index (κ2) is 7.06. The molecule has 1 N–H and O–H groups in total. The predicted molar refractivity (Wildman–Crippen MR) is 96.3 cm³/mol. The van der Waals surface area contributed by atoms with E-state index in [1.807, 2.05) is 22.9 Å². The van der Waals surface area contributed by atoms with E-state index in [4.69, 9.17) is 4.42 Å². The lowest BCUT2D eigenvalue weighted by Gasteiger charge is -2.24. The smallest absolute Gasteiger partial charge is 0.395 e. The molecule has 1 aromatic carbocycles. The van der Waals surface area contributed by atoms with E-state index < -0.39 is 16.7 Å². The van der Waals surface area contributed by atoms with E-state index >= 15 is 0 Å². The summed E-state index contributed by atoms with van der Waals surface area (Å²) < 4.78 is 6.96. The molecule has 138 valence electrons. The first kappa shape index (κ1) is 17.0. The molecule has 0 aliphatic heterocycles. The van der Waals surface area contributed by atoms with Gasteiger partial charge in [-0.15, -0.1) is 0 Å². The molecule has 0 radical (unpaired) electrons. The maximum absolute atomic E-state index is 12.4. The summed E-state index contributed by atoms with van der Waals surface area (Å²) in [5.74, 6) is -0.970. The summed E-state index contributed by atoms with van der Waals surface area (Å²) in [6, 6.07) is 12.4. The van der Waals surface area contributed by atoms with Crippen molar-refractivity contribution in [2.24, 2.45) is 0 Å². The van der Waals surface area contributed by atoms with Gasteiger partial charge < -0.3 is 9.73 Å². The first-order valence-electron chi connectivity index (χ1n) is 8.75. The van der Waals surface area contributed by atoms with Crippen molar-refractivity contribution in [2.45, 2.75) is 31.8 Å². The minimum atomic E-state index is -0.664. The third kappa shape index (κ3) is 3.46. The molecule has 4 rings (SSSR count). The highest BCUT2D eigenvalue weighted by atomic mass is 16.6. The Morgan fingerprint density at radius 1 is 1.30 bits per heavy atom. The number of amides is 1. The molecular weight excluding hydrogens is 348 g/mol. The molecule has 0 spiro atoms. The summed E-state index contributed by atoms with van der Waals surface area (Å²) in [5, 5.41) is 18.1. The van der Waals surface area contributed by atoms with Crippen molar-refractivity contribution in [3.05, 3.63) is 81.4 Å². The number of nitro groups is 1. The van der Waals surface area contributed by atoms with Crippen LogP contribution < -0.4 is 5.32 Å². The molecule has 0 unspecified atom stereocenters. The van der Waals surface area contributed by atoms with Gasteiger partial charge in [-0.2, -0.15) is 5.10 Å². The predicted octanol–water partition coefficient (Wildman–Crippen LogP) is 3.24. The summed E-state index contributed by atoms with van der Waals surface area (Å²) in [4.78, 5) is 22.5. The number of nitrogens with zero attached hydrogens (tertiary/aromatic N) is 3. The molecule has 1 amide bonds. The fraction of sp³-hybridized carbons (Fsp3) is 0.263. The molecule has 1 aliphatic carbocycles. The van der Waals surface area contributed by atoms with E-state index in [0.29, 0.717) is 6.54 Å². The number of rotatable bonds is 5. The van der Waals surface area contributed by atoms with Crippen molar-refractivity contribution in [1.82, 2.24) is 15.1 Å². The Bertz CT molecular complexity index is 977. The van der Waals surface area contributed by atoms with E-state index in [0.717, 1.165) is 36.1 Å². The van der Waals surface area contributed by atoms with Crippen LogP contribution in [0.15, 0.2) is 53.1 Å². The number of carbonyl (C=O) groups is 1. The van der Waals surface area contributed by atoms with Crippen molar-refractivity contribution in [3.63, 3.8) is 0 Å². The van der Waals surface area contributed by atoms with Crippen LogP contribution in [0.5, 0.6) is 0 Å². The van der Waals surface area contributed by atoms with Gasteiger partial charge in [-0.1, -0.05) is 30.3 Å². The van der Waals surface area contributed by atoms with Gasteiger partial charge in [-0.3, -0.25) is 19.6 Å². The number of carbonyl (C=O) groups excluding carboxylic acids is 1. The number of fused-ring (bicyclic) bond motifs is 1. The van der Waals surface area contributed by atoms with Crippen LogP contribution in [-0.2, 0) is 13.0 Å². The van der Waals surface area contributed by atoms with Crippen molar-refractivity contribution in [3.8, 4) is 0 Å². The molecule has 0 saturated carbocycles. The highest BCUT2D eigenvalue weighted by Gasteiger charge is 2.27. The van der Waals surface area contributed by atoms with Crippen LogP contribution in [0.4, 0.5) is 5.88 Å².